The molecule has 5 rings (SSSR count). The Labute approximate surface area is 116 Å². The van der Waals surface area contributed by atoms with E-state index in [-0.39, 0.29) is 0 Å². The first-order valence-corrected chi connectivity index (χ1v) is 8.61. The predicted molar refractivity (Wildman–Crippen MR) is 75.6 cm³/mol. The summed E-state index contributed by atoms with van der Waals surface area (Å²) in [6.45, 7) is 2.22. The minimum Gasteiger partial charge on any atom is -0.342 e. The molecule has 4 aliphatic carbocycles. The van der Waals surface area contributed by atoms with Crippen LogP contribution < -0.4 is 0 Å². The lowest BCUT2D eigenvalue weighted by atomic mass is 9.60. The molecule has 1 saturated heterocycles. The summed E-state index contributed by atoms with van der Waals surface area (Å²) in [5.74, 6) is 4.57. The molecule has 4 saturated carbocycles. The number of fused-ring (bicyclic) bond motifs is 2. The maximum Gasteiger partial charge on any atom is 0.225 e. The monoisotopic (exact) mass is 261 g/mol. The maximum absolute atomic E-state index is 12.7. The van der Waals surface area contributed by atoms with E-state index in [2.05, 4.69) is 4.90 Å². The van der Waals surface area contributed by atoms with Gasteiger partial charge in [-0.3, -0.25) is 4.79 Å². The summed E-state index contributed by atoms with van der Waals surface area (Å²) in [6, 6.07) is 0. The van der Waals surface area contributed by atoms with Crippen LogP contribution in [0.25, 0.3) is 0 Å². The molecule has 106 valence electrons. The van der Waals surface area contributed by atoms with Gasteiger partial charge in [0.05, 0.1) is 0 Å². The fourth-order valence-corrected chi connectivity index (χ4v) is 5.64. The lowest BCUT2D eigenvalue weighted by Gasteiger charge is -2.44. The molecule has 1 heterocycles. The van der Waals surface area contributed by atoms with Gasteiger partial charge in [0.15, 0.2) is 0 Å². The Morgan fingerprint density at radius 2 is 1.26 bits per heavy atom. The number of hydrogen-bond acceptors (Lipinski definition) is 1. The lowest BCUT2D eigenvalue weighted by Crippen LogP contribution is -2.38. The standard InChI is InChI=1S/C17H27NO/c19-17(14-4-2-1-3-5-14)18-10-15-12-6-7-13(9-8-12)16(15)11-18/h12-16H,1-11H2. The third kappa shape index (κ3) is 2.02. The lowest BCUT2D eigenvalue weighted by molar-refractivity contribution is -0.135. The summed E-state index contributed by atoms with van der Waals surface area (Å²) < 4.78 is 0. The van der Waals surface area contributed by atoms with Gasteiger partial charge in [0.25, 0.3) is 0 Å². The van der Waals surface area contributed by atoms with Gasteiger partial charge in [0.2, 0.25) is 5.91 Å². The van der Waals surface area contributed by atoms with Crippen LogP contribution in [-0.2, 0) is 4.79 Å². The van der Waals surface area contributed by atoms with Gasteiger partial charge in [-0.05, 0) is 62.2 Å². The SMILES string of the molecule is O=C(C1CCCCC1)N1CC2C3CCC(CC3)C2C1. The Balaban J connectivity index is 1.45. The Hall–Kier alpha value is -0.530. The van der Waals surface area contributed by atoms with E-state index in [0.29, 0.717) is 11.8 Å². The van der Waals surface area contributed by atoms with Crippen LogP contribution in [-0.4, -0.2) is 23.9 Å². The second-order valence-corrected chi connectivity index (χ2v) is 7.58. The van der Waals surface area contributed by atoms with Crippen molar-refractivity contribution < 1.29 is 4.79 Å². The first kappa shape index (κ1) is 12.2. The number of carbonyl (C=O) groups excluding carboxylic acids is 1. The van der Waals surface area contributed by atoms with Crippen LogP contribution in [0.15, 0.2) is 0 Å². The van der Waals surface area contributed by atoms with Gasteiger partial charge in [0.1, 0.15) is 0 Å². The Morgan fingerprint density at radius 3 is 1.79 bits per heavy atom. The van der Waals surface area contributed by atoms with Crippen molar-refractivity contribution in [3.05, 3.63) is 0 Å². The molecular formula is C17H27NO. The van der Waals surface area contributed by atoms with Crippen molar-refractivity contribution in [2.75, 3.05) is 13.1 Å². The summed E-state index contributed by atoms with van der Waals surface area (Å²) in [7, 11) is 0. The number of carbonyl (C=O) groups is 1. The number of hydrogen-bond donors (Lipinski definition) is 0. The van der Waals surface area contributed by atoms with Crippen molar-refractivity contribution in [2.45, 2.75) is 57.8 Å². The van der Waals surface area contributed by atoms with Crippen molar-refractivity contribution in [2.24, 2.45) is 29.6 Å². The Kier molecular flexibility index (Phi) is 3.08. The zero-order chi connectivity index (χ0) is 12.8. The molecule has 0 N–H and O–H groups in total. The van der Waals surface area contributed by atoms with Gasteiger partial charge in [-0.1, -0.05) is 19.3 Å². The molecule has 2 atom stereocenters. The molecule has 2 unspecified atom stereocenters. The molecule has 0 radical (unpaired) electrons. The highest BCUT2D eigenvalue weighted by atomic mass is 16.2. The fraction of sp³-hybridized carbons (Fsp3) is 0.941. The smallest absolute Gasteiger partial charge is 0.225 e. The van der Waals surface area contributed by atoms with E-state index in [1.807, 2.05) is 0 Å². The third-order valence-electron chi connectivity index (χ3n) is 6.71. The van der Waals surface area contributed by atoms with Gasteiger partial charge >= 0.3 is 0 Å². The fourth-order valence-electron chi connectivity index (χ4n) is 5.64. The van der Waals surface area contributed by atoms with Gasteiger partial charge in [-0.2, -0.15) is 0 Å². The third-order valence-corrected chi connectivity index (χ3v) is 6.71. The summed E-state index contributed by atoms with van der Waals surface area (Å²) in [4.78, 5) is 15.0. The van der Waals surface area contributed by atoms with E-state index in [0.717, 1.165) is 49.6 Å². The average molecular weight is 261 g/mol. The zero-order valence-electron chi connectivity index (χ0n) is 12.0. The number of nitrogens with zero attached hydrogens (tertiary/aromatic N) is 1. The van der Waals surface area contributed by atoms with Crippen LogP contribution in [0.2, 0.25) is 0 Å². The molecule has 2 nitrogen and oxygen atoms in total. The van der Waals surface area contributed by atoms with Crippen molar-refractivity contribution in [1.29, 1.82) is 0 Å². The molecule has 0 aromatic rings. The molecule has 0 aromatic heterocycles. The second kappa shape index (κ2) is 4.79. The van der Waals surface area contributed by atoms with Crippen molar-refractivity contribution in [1.82, 2.24) is 4.90 Å². The minimum atomic E-state index is 0.381. The topological polar surface area (TPSA) is 20.3 Å². The summed E-state index contributed by atoms with van der Waals surface area (Å²) in [6.07, 6.45) is 12.1. The van der Waals surface area contributed by atoms with Crippen LogP contribution in [0.3, 0.4) is 0 Å². The first-order chi connectivity index (χ1) is 9.33. The molecule has 5 aliphatic rings. The molecular weight excluding hydrogens is 234 g/mol. The first-order valence-electron chi connectivity index (χ1n) is 8.61. The largest absolute Gasteiger partial charge is 0.342 e. The molecule has 0 aromatic carbocycles. The van der Waals surface area contributed by atoms with E-state index in [1.165, 1.54) is 44.9 Å². The van der Waals surface area contributed by atoms with Gasteiger partial charge in [-0.15, -0.1) is 0 Å². The average Bonchev–Trinajstić information content (AvgIpc) is 2.96. The molecule has 0 spiro atoms. The van der Waals surface area contributed by atoms with Crippen molar-refractivity contribution >= 4 is 5.91 Å². The number of rotatable bonds is 1. The van der Waals surface area contributed by atoms with Crippen molar-refractivity contribution in [3.8, 4) is 0 Å². The summed E-state index contributed by atoms with van der Waals surface area (Å²) in [5, 5.41) is 0. The van der Waals surface area contributed by atoms with Crippen LogP contribution in [0.4, 0.5) is 0 Å². The van der Waals surface area contributed by atoms with Crippen LogP contribution in [0.1, 0.15) is 57.8 Å². The van der Waals surface area contributed by atoms with Crippen LogP contribution >= 0.6 is 0 Å². The predicted octanol–water partition coefficient (Wildman–Crippen LogP) is 3.46. The highest BCUT2D eigenvalue weighted by molar-refractivity contribution is 5.79. The van der Waals surface area contributed by atoms with E-state index in [9.17, 15) is 4.79 Å². The highest BCUT2D eigenvalue weighted by Crippen LogP contribution is 2.52. The summed E-state index contributed by atoms with van der Waals surface area (Å²) in [5.41, 5.74) is 0. The zero-order valence-corrected chi connectivity index (χ0v) is 12.0. The van der Waals surface area contributed by atoms with Crippen LogP contribution in [0.5, 0.6) is 0 Å². The Morgan fingerprint density at radius 1 is 0.737 bits per heavy atom. The summed E-state index contributed by atoms with van der Waals surface area (Å²) >= 11 is 0. The van der Waals surface area contributed by atoms with E-state index in [4.69, 9.17) is 0 Å². The molecule has 1 aliphatic heterocycles. The minimum absolute atomic E-state index is 0.381. The van der Waals surface area contributed by atoms with E-state index >= 15 is 0 Å². The second-order valence-electron chi connectivity index (χ2n) is 7.58. The van der Waals surface area contributed by atoms with Crippen molar-refractivity contribution in [3.63, 3.8) is 0 Å². The quantitative estimate of drug-likeness (QED) is 0.708. The van der Waals surface area contributed by atoms with Crippen LogP contribution in [0, 0.1) is 29.6 Å². The molecule has 2 heteroatoms. The molecule has 1 amide bonds. The van der Waals surface area contributed by atoms with Gasteiger partial charge in [0, 0.05) is 19.0 Å². The molecule has 2 bridgehead atoms. The van der Waals surface area contributed by atoms with Gasteiger partial charge in [-0.25, -0.2) is 0 Å². The van der Waals surface area contributed by atoms with E-state index in [1.54, 1.807) is 0 Å². The highest BCUT2D eigenvalue weighted by Gasteiger charge is 2.49. The number of amides is 1. The molecule has 5 fully saturated rings. The Bertz CT molecular complexity index is 332. The van der Waals surface area contributed by atoms with Gasteiger partial charge < -0.3 is 4.90 Å². The maximum atomic E-state index is 12.7. The molecule has 19 heavy (non-hydrogen) atoms. The normalized spacial score (nSPS) is 42.4. The van der Waals surface area contributed by atoms with E-state index < -0.39 is 0 Å². The number of likely N-dealkylation sites (tertiary alicyclic amines) is 1.